The van der Waals surface area contributed by atoms with Crippen molar-refractivity contribution in [2.45, 2.75) is 32.7 Å². The third kappa shape index (κ3) is 5.00. The molecule has 1 aromatic carbocycles. The Hall–Kier alpha value is -1.59. The van der Waals surface area contributed by atoms with Crippen LogP contribution in [0.4, 0.5) is 5.69 Å². The molecule has 1 unspecified atom stereocenters. The number of nitrogens with zero attached hydrogens (tertiary/aromatic N) is 2. The van der Waals surface area contributed by atoms with Gasteiger partial charge in [0.15, 0.2) is 5.11 Å². The van der Waals surface area contributed by atoms with E-state index in [0.717, 1.165) is 12.1 Å². The Bertz CT molecular complexity index is 609. The number of rotatable bonds is 6. The molecule has 1 atom stereocenters. The van der Waals surface area contributed by atoms with E-state index in [-0.39, 0.29) is 0 Å². The summed E-state index contributed by atoms with van der Waals surface area (Å²) in [5, 5.41) is 11.7. The first-order valence-electron chi connectivity index (χ1n) is 7.41. The van der Waals surface area contributed by atoms with Gasteiger partial charge in [0.05, 0.1) is 17.8 Å². The van der Waals surface area contributed by atoms with Gasteiger partial charge in [-0.2, -0.15) is 5.10 Å². The second kappa shape index (κ2) is 8.15. The summed E-state index contributed by atoms with van der Waals surface area (Å²) in [6, 6.07) is 8.40. The third-order valence-corrected chi connectivity index (χ3v) is 4.02. The van der Waals surface area contributed by atoms with Crippen molar-refractivity contribution in [2.24, 2.45) is 0 Å². The first-order chi connectivity index (χ1) is 10.6. The summed E-state index contributed by atoms with van der Waals surface area (Å²) in [7, 11) is 0. The average molecular weight is 337 g/mol. The molecular formula is C16H21ClN4S. The van der Waals surface area contributed by atoms with E-state index in [2.05, 4.69) is 53.8 Å². The molecule has 0 aliphatic heterocycles. The molecular weight excluding hydrogens is 316 g/mol. The largest absolute Gasteiger partial charge is 0.361 e. The maximum Gasteiger partial charge on any atom is 0.170 e. The maximum absolute atomic E-state index is 5.81. The van der Waals surface area contributed by atoms with Gasteiger partial charge in [0.25, 0.3) is 0 Å². The molecule has 0 amide bonds. The van der Waals surface area contributed by atoms with Crippen molar-refractivity contribution in [3.63, 3.8) is 0 Å². The van der Waals surface area contributed by atoms with Gasteiger partial charge in [-0.1, -0.05) is 37.6 Å². The lowest BCUT2D eigenvalue weighted by Crippen LogP contribution is -2.31. The molecule has 22 heavy (non-hydrogen) atoms. The minimum atomic E-state index is 0.583. The fourth-order valence-electron chi connectivity index (χ4n) is 2.05. The van der Waals surface area contributed by atoms with E-state index in [1.165, 1.54) is 5.56 Å². The van der Waals surface area contributed by atoms with Crippen molar-refractivity contribution in [3.8, 4) is 0 Å². The highest BCUT2D eigenvalue weighted by Crippen LogP contribution is 2.20. The van der Waals surface area contributed by atoms with E-state index >= 15 is 0 Å². The topological polar surface area (TPSA) is 41.9 Å². The number of aromatic nitrogens is 2. The van der Waals surface area contributed by atoms with E-state index in [0.29, 0.717) is 29.1 Å². The van der Waals surface area contributed by atoms with Crippen molar-refractivity contribution >= 4 is 34.6 Å². The zero-order chi connectivity index (χ0) is 15.9. The van der Waals surface area contributed by atoms with Crippen molar-refractivity contribution < 1.29 is 0 Å². The quantitative estimate of drug-likeness (QED) is 0.781. The highest BCUT2D eigenvalue weighted by atomic mass is 35.5. The standard InChI is InChI=1S/C16H21ClN4S/c1-3-12(2)13-4-6-15(7-5-13)20-16(22)18-8-9-21-11-14(17)10-19-21/h4-7,10-12H,3,8-9H2,1-2H3,(H2,18,20,22). The van der Waals surface area contributed by atoms with E-state index in [1.54, 1.807) is 17.1 Å². The number of benzene rings is 1. The van der Waals surface area contributed by atoms with Crippen LogP contribution < -0.4 is 10.6 Å². The molecule has 1 heterocycles. The van der Waals surface area contributed by atoms with Crippen LogP contribution in [-0.4, -0.2) is 21.4 Å². The summed E-state index contributed by atoms with van der Waals surface area (Å²) in [5.41, 5.74) is 2.34. The van der Waals surface area contributed by atoms with Crippen LogP contribution in [0.2, 0.25) is 5.02 Å². The molecule has 0 fully saturated rings. The summed E-state index contributed by atoms with van der Waals surface area (Å²) in [5.74, 6) is 0.583. The molecule has 0 bridgehead atoms. The number of hydrogen-bond acceptors (Lipinski definition) is 2. The maximum atomic E-state index is 5.81. The van der Waals surface area contributed by atoms with Gasteiger partial charge in [-0.15, -0.1) is 0 Å². The fourth-order valence-corrected chi connectivity index (χ4v) is 2.43. The number of anilines is 1. The smallest absolute Gasteiger partial charge is 0.170 e. The molecule has 2 rings (SSSR count). The third-order valence-electron chi connectivity index (χ3n) is 3.58. The first-order valence-corrected chi connectivity index (χ1v) is 8.20. The monoisotopic (exact) mass is 336 g/mol. The molecule has 2 aromatic rings. The van der Waals surface area contributed by atoms with Crippen LogP contribution in [0.25, 0.3) is 0 Å². The van der Waals surface area contributed by atoms with E-state index in [9.17, 15) is 0 Å². The van der Waals surface area contributed by atoms with Gasteiger partial charge < -0.3 is 10.6 Å². The van der Waals surface area contributed by atoms with Gasteiger partial charge in [0.2, 0.25) is 0 Å². The highest BCUT2D eigenvalue weighted by Gasteiger charge is 2.03. The molecule has 0 aliphatic rings. The molecule has 0 aliphatic carbocycles. The number of hydrogen-bond donors (Lipinski definition) is 2. The second-order valence-corrected chi connectivity index (χ2v) is 6.08. The lowest BCUT2D eigenvalue weighted by atomic mass is 9.99. The van der Waals surface area contributed by atoms with Gasteiger partial charge in [-0.05, 0) is 42.3 Å². The predicted molar refractivity (Wildman–Crippen MR) is 96.6 cm³/mol. The van der Waals surface area contributed by atoms with E-state index in [4.69, 9.17) is 23.8 Å². The lowest BCUT2D eigenvalue weighted by molar-refractivity contribution is 0.604. The Morgan fingerprint density at radius 2 is 2.09 bits per heavy atom. The number of nitrogens with one attached hydrogen (secondary N) is 2. The lowest BCUT2D eigenvalue weighted by Gasteiger charge is -2.13. The first kappa shape index (κ1) is 16.8. The van der Waals surface area contributed by atoms with Gasteiger partial charge in [0.1, 0.15) is 0 Å². The SMILES string of the molecule is CCC(C)c1ccc(NC(=S)NCCn2cc(Cl)cn2)cc1. The Balaban J connectivity index is 1.76. The van der Waals surface area contributed by atoms with Gasteiger partial charge >= 0.3 is 0 Å². The Labute approximate surface area is 141 Å². The molecule has 4 nitrogen and oxygen atoms in total. The van der Waals surface area contributed by atoms with E-state index in [1.807, 2.05) is 0 Å². The van der Waals surface area contributed by atoms with Crippen molar-refractivity contribution in [1.82, 2.24) is 15.1 Å². The van der Waals surface area contributed by atoms with Crippen LogP contribution in [0.15, 0.2) is 36.7 Å². The Morgan fingerprint density at radius 3 is 2.68 bits per heavy atom. The molecule has 0 radical (unpaired) electrons. The molecule has 6 heteroatoms. The minimum absolute atomic E-state index is 0.583. The summed E-state index contributed by atoms with van der Waals surface area (Å²) < 4.78 is 1.78. The number of halogens is 1. The molecule has 0 saturated carbocycles. The van der Waals surface area contributed by atoms with Gasteiger partial charge in [-0.25, -0.2) is 0 Å². The van der Waals surface area contributed by atoms with E-state index < -0.39 is 0 Å². The zero-order valence-corrected chi connectivity index (χ0v) is 14.4. The van der Waals surface area contributed by atoms with Gasteiger partial charge in [-0.3, -0.25) is 4.68 Å². The van der Waals surface area contributed by atoms with Crippen LogP contribution in [0.1, 0.15) is 31.7 Å². The van der Waals surface area contributed by atoms with Crippen LogP contribution in [0.5, 0.6) is 0 Å². The van der Waals surface area contributed by atoms with Crippen molar-refractivity contribution in [1.29, 1.82) is 0 Å². The van der Waals surface area contributed by atoms with Crippen molar-refractivity contribution in [3.05, 3.63) is 47.2 Å². The molecule has 0 spiro atoms. The summed E-state index contributed by atoms with van der Waals surface area (Å²) in [6.07, 6.45) is 4.55. The van der Waals surface area contributed by atoms with Crippen LogP contribution in [0, 0.1) is 0 Å². The van der Waals surface area contributed by atoms with Crippen LogP contribution >= 0.6 is 23.8 Å². The van der Waals surface area contributed by atoms with Crippen LogP contribution in [-0.2, 0) is 6.54 Å². The van der Waals surface area contributed by atoms with Crippen LogP contribution in [0.3, 0.4) is 0 Å². The predicted octanol–water partition coefficient (Wildman–Crippen LogP) is 4.04. The summed E-state index contributed by atoms with van der Waals surface area (Å²) in [6.45, 7) is 5.83. The molecule has 2 N–H and O–H groups in total. The zero-order valence-electron chi connectivity index (χ0n) is 12.8. The molecule has 0 saturated heterocycles. The Morgan fingerprint density at radius 1 is 1.36 bits per heavy atom. The molecule has 1 aromatic heterocycles. The average Bonchev–Trinajstić information content (AvgIpc) is 2.92. The fraction of sp³-hybridized carbons (Fsp3) is 0.375. The van der Waals surface area contributed by atoms with Gasteiger partial charge in [0, 0.05) is 18.4 Å². The normalized spacial score (nSPS) is 12.0. The summed E-state index contributed by atoms with van der Waals surface area (Å²) >= 11 is 11.1. The summed E-state index contributed by atoms with van der Waals surface area (Å²) in [4.78, 5) is 0. The minimum Gasteiger partial charge on any atom is -0.361 e. The molecule has 118 valence electrons. The Kier molecular flexibility index (Phi) is 6.21. The number of thiocarbonyl (C=S) groups is 1. The highest BCUT2D eigenvalue weighted by molar-refractivity contribution is 7.80. The van der Waals surface area contributed by atoms with Crippen molar-refractivity contribution in [2.75, 3.05) is 11.9 Å². The second-order valence-electron chi connectivity index (χ2n) is 5.23.